The van der Waals surface area contributed by atoms with E-state index in [1.165, 1.54) is 6.92 Å². The largest absolute Gasteiger partial charge is 0.382 e. The van der Waals surface area contributed by atoms with Crippen molar-refractivity contribution >= 4 is 11.6 Å². The summed E-state index contributed by atoms with van der Waals surface area (Å²) in [5.41, 5.74) is 5.94. The van der Waals surface area contributed by atoms with Crippen LogP contribution in [-0.2, 0) is 6.42 Å². The molecule has 0 aromatic carbocycles. The maximum atomic E-state index is 10.9. The van der Waals surface area contributed by atoms with Gasteiger partial charge in [-0.15, -0.1) is 0 Å². The molecule has 0 saturated heterocycles. The molecule has 0 aliphatic heterocycles. The van der Waals surface area contributed by atoms with Crippen molar-refractivity contribution in [2.75, 3.05) is 5.73 Å². The molecule has 1 aromatic heterocycles. The Morgan fingerprint density at radius 1 is 1.67 bits per heavy atom. The maximum absolute atomic E-state index is 10.9. The van der Waals surface area contributed by atoms with Gasteiger partial charge < -0.3 is 10.7 Å². The van der Waals surface area contributed by atoms with E-state index in [0.717, 1.165) is 18.7 Å². The number of aryl methyl sites for hydroxylation is 1. The third-order valence-corrected chi connectivity index (χ3v) is 1.62. The summed E-state index contributed by atoms with van der Waals surface area (Å²) in [6, 6.07) is 0. The first-order valence-electron chi connectivity index (χ1n) is 4.00. The van der Waals surface area contributed by atoms with Crippen LogP contribution in [0, 0.1) is 0 Å². The summed E-state index contributed by atoms with van der Waals surface area (Å²) in [6.07, 6.45) is 1.82. The van der Waals surface area contributed by atoms with E-state index >= 15 is 0 Å². The Kier molecular flexibility index (Phi) is 2.47. The van der Waals surface area contributed by atoms with Gasteiger partial charge in [0.1, 0.15) is 11.5 Å². The van der Waals surface area contributed by atoms with Gasteiger partial charge >= 0.3 is 0 Å². The highest BCUT2D eigenvalue weighted by Crippen LogP contribution is 2.09. The lowest BCUT2D eigenvalue weighted by Gasteiger charge is -1.89. The van der Waals surface area contributed by atoms with Gasteiger partial charge in [0.25, 0.3) is 0 Å². The highest BCUT2D eigenvalue weighted by molar-refractivity contribution is 5.96. The predicted molar refractivity (Wildman–Crippen MR) is 47.0 cm³/mol. The number of nitrogens with one attached hydrogen (secondary N) is 1. The number of H-pyrrole nitrogens is 1. The standard InChI is InChI=1S/C8H13N3O/c1-3-4-6-10-7(5(2)12)8(9)11-6/h3-4,9H2,1-2H3,(H,10,11). The average Bonchev–Trinajstić information content (AvgIpc) is 2.32. The second kappa shape index (κ2) is 3.38. The van der Waals surface area contributed by atoms with E-state index in [-0.39, 0.29) is 5.78 Å². The summed E-state index contributed by atoms with van der Waals surface area (Å²) >= 11 is 0. The van der Waals surface area contributed by atoms with Crippen LogP contribution in [0.15, 0.2) is 0 Å². The summed E-state index contributed by atoms with van der Waals surface area (Å²) in [5.74, 6) is 1.04. The molecular weight excluding hydrogens is 154 g/mol. The van der Waals surface area contributed by atoms with Crippen LogP contribution in [0.3, 0.4) is 0 Å². The minimum Gasteiger partial charge on any atom is -0.382 e. The SMILES string of the molecule is CCCc1nc(N)c(C(C)=O)[nH]1. The molecule has 1 rings (SSSR count). The number of hydrogen-bond acceptors (Lipinski definition) is 3. The van der Waals surface area contributed by atoms with Gasteiger partial charge in [-0.3, -0.25) is 4.79 Å². The van der Waals surface area contributed by atoms with Crippen LogP contribution in [0.5, 0.6) is 0 Å². The third kappa shape index (κ3) is 1.64. The average molecular weight is 167 g/mol. The number of rotatable bonds is 3. The van der Waals surface area contributed by atoms with Crippen molar-refractivity contribution in [2.24, 2.45) is 0 Å². The van der Waals surface area contributed by atoms with Crippen LogP contribution in [0.25, 0.3) is 0 Å². The summed E-state index contributed by atoms with van der Waals surface area (Å²) in [6.45, 7) is 3.52. The molecule has 0 aliphatic carbocycles. The van der Waals surface area contributed by atoms with Crippen molar-refractivity contribution in [3.63, 3.8) is 0 Å². The predicted octanol–water partition coefficient (Wildman–Crippen LogP) is 1.15. The van der Waals surface area contributed by atoms with Gasteiger partial charge in [-0.25, -0.2) is 4.98 Å². The number of imidazole rings is 1. The second-order valence-corrected chi connectivity index (χ2v) is 2.75. The van der Waals surface area contributed by atoms with E-state index in [0.29, 0.717) is 11.5 Å². The highest BCUT2D eigenvalue weighted by Gasteiger charge is 2.09. The monoisotopic (exact) mass is 167 g/mol. The maximum Gasteiger partial charge on any atom is 0.179 e. The molecule has 12 heavy (non-hydrogen) atoms. The molecule has 0 saturated carbocycles. The lowest BCUT2D eigenvalue weighted by molar-refractivity contribution is 0.101. The number of aromatic nitrogens is 2. The number of anilines is 1. The molecule has 0 atom stereocenters. The molecule has 0 aliphatic rings. The van der Waals surface area contributed by atoms with E-state index in [4.69, 9.17) is 5.73 Å². The number of Topliss-reactive ketones (excluding diaryl/α,β-unsaturated/α-hetero) is 1. The normalized spacial score (nSPS) is 10.2. The van der Waals surface area contributed by atoms with Crippen LogP contribution < -0.4 is 5.73 Å². The number of nitrogens with two attached hydrogens (primary N) is 1. The number of aromatic amines is 1. The molecule has 4 heteroatoms. The Morgan fingerprint density at radius 2 is 2.33 bits per heavy atom. The van der Waals surface area contributed by atoms with Crippen LogP contribution in [0.1, 0.15) is 36.6 Å². The van der Waals surface area contributed by atoms with Crippen molar-refractivity contribution < 1.29 is 4.79 Å². The van der Waals surface area contributed by atoms with Crippen molar-refractivity contribution in [3.8, 4) is 0 Å². The Labute approximate surface area is 71.2 Å². The number of ketones is 1. The summed E-state index contributed by atoms with van der Waals surface area (Å²) < 4.78 is 0. The van der Waals surface area contributed by atoms with Crippen LogP contribution in [0.2, 0.25) is 0 Å². The quantitative estimate of drug-likeness (QED) is 0.663. The first-order valence-corrected chi connectivity index (χ1v) is 4.00. The minimum absolute atomic E-state index is 0.0673. The lowest BCUT2D eigenvalue weighted by atomic mass is 10.3. The van der Waals surface area contributed by atoms with Crippen LogP contribution in [-0.4, -0.2) is 15.8 Å². The van der Waals surface area contributed by atoms with Gasteiger partial charge in [0, 0.05) is 13.3 Å². The number of carbonyl (C=O) groups is 1. The summed E-state index contributed by atoms with van der Waals surface area (Å²) in [5, 5.41) is 0. The first-order chi connectivity index (χ1) is 5.65. The van der Waals surface area contributed by atoms with E-state index in [9.17, 15) is 4.79 Å². The fourth-order valence-corrected chi connectivity index (χ4v) is 1.06. The molecule has 66 valence electrons. The van der Waals surface area contributed by atoms with Crippen molar-refractivity contribution in [1.82, 2.24) is 9.97 Å². The van der Waals surface area contributed by atoms with Gasteiger partial charge in [0.05, 0.1) is 0 Å². The molecule has 1 heterocycles. The highest BCUT2D eigenvalue weighted by atomic mass is 16.1. The summed E-state index contributed by atoms with van der Waals surface area (Å²) in [7, 11) is 0. The number of nitrogens with zero attached hydrogens (tertiary/aromatic N) is 1. The van der Waals surface area contributed by atoms with Gasteiger partial charge in [0.2, 0.25) is 0 Å². The molecule has 4 nitrogen and oxygen atoms in total. The molecule has 0 unspecified atom stereocenters. The van der Waals surface area contributed by atoms with Gasteiger partial charge in [0.15, 0.2) is 11.6 Å². The molecule has 0 spiro atoms. The first kappa shape index (κ1) is 8.77. The zero-order valence-electron chi connectivity index (χ0n) is 7.35. The van der Waals surface area contributed by atoms with E-state index < -0.39 is 0 Å². The van der Waals surface area contributed by atoms with Crippen molar-refractivity contribution in [3.05, 3.63) is 11.5 Å². The second-order valence-electron chi connectivity index (χ2n) is 2.75. The van der Waals surface area contributed by atoms with Gasteiger partial charge in [-0.2, -0.15) is 0 Å². The zero-order valence-corrected chi connectivity index (χ0v) is 7.35. The van der Waals surface area contributed by atoms with Crippen molar-refractivity contribution in [2.45, 2.75) is 26.7 Å². The number of carbonyl (C=O) groups excluding carboxylic acids is 1. The molecular formula is C8H13N3O. The lowest BCUT2D eigenvalue weighted by Crippen LogP contribution is -1.97. The van der Waals surface area contributed by atoms with Gasteiger partial charge in [-0.1, -0.05) is 6.92 Å². The van der Waals surface area contributed by atoms with E-state index in [2.05, 4.69) is 9.97 Å². The fourth-order valence-electron chi connectivity index (χ4n) is 1.06. The van der Waals surface area contributed by atoms with E-state index in [1.807, 2.05) is 6.92 Å². The molecule has 0 radical (unpaired) electrons. The molecule has 3 N–H and O–H groups in total. The third-order valence-electron chi connectivity index (χ3n) is 1.62. The smallest absolute Gasteiger partial charge is 0.179 e. The Balaban J connectivity index is 2.92. The molecule has 0 fully saturated rings. The Bertz CT molecular complexity index is 290. The minimum atomic E-state index is -0.0673. The topological polar surface area (TPSA) is 71.8 Å². The Hall–Kier alpha value is -1.32. The van der Waals surface area contributed by atoms with Crippen LogP contribution >= 0.6 is 0 Å². The molecule has 0 bridgehead atoms. The van der Waals surface area contributed by atoms with E-state index in [1.54, 1.807) is 0 Å². The van der Waals surface area contributed by atoms with Gasteiger partial charge in [-0.05, 0) is 6.42 Å². The Morgan fingerprint density at radius 3 is 2.75 bits per heavy atom. The number of nitrogen functional groups attached to an aromatic ring is 1. The number of hydrogen-bond donors (Lipinski definition) is 2. The molecule has 1 aromatic rings. The fraction of sp³-hybridized carbons (Fsp3) is 0.500. The molecule has 0 amide bonds. The van der Waals surface area contributed by atoms with Crippen molar-refractivity contribution in [1.29, 1.82) is 0 Å². The van der Waals surface area contributed by atoms with Crippen LogP contribution in [0.4, 0.5) is 5.82 Å². The zero-order chi connectivity index (χ0) is 9.14. The summed E-state index contributed by atoms with van der Waals surface area (Å²) in [4.78, 5) is 17.9.